The van der Waals surface area contributed by atoms with Crippen LogP contribution < -0.4 is 5.32 Å². The highest BCUT2D eigenvalue weighted by molar-refractivity contribution is 7.10. The summed E-state index contributed by atoms with van der Waals surface area (Å²) in [5.41, 5.74) is 0. The van der Waals surface area contributed by atoms with E-state index >= 15 is 0 Å². The van der Waals surface area contributed by atoms with Crippen LogP contribution >= 0.6 is 22.9 Å². The van der Waals surface area contributed by atoms with Crippen molar-refractivity contribution in [1.82, 2.24) is 20.6 Å². The van der Waals surface area contributed by atoms with Gasteiger partial charge >= 0.3 is 0 Å². The molecule has 0 atom stereocenters. The van der Waals surface area contributed by atoms with Gasteiger partial charge in [-0.25, -0.2) is 0 Å². The zero-order valence-corrected chi connectivity index (χ0v) is 8.06. The van der Waals surface area contributed by atoms with Crippen LogP contribution in [0.5, 0.6) is 0 Å². The summed E-state index contributed by atoms with van der Waals surface area (Å²) >= 11 is 7.48. The van der Waals surface area contributed by atoms with Gasteiger partial charge in [0, 0.05) is 4.88 Å². The van der Waals surface area contributed by atoms with Crippen molar-refractivity contribution in [1.29, 1.82) is 0 Å². The van der Waals surface area contributed by atoms with Crippen LogP contribution in [0.2, 0.25) is 5.02 Å². The Hall–Kier alpha value is -1.14. The first-order chi connectivity index (χ1) is 6.36. The molecule has 2 aromatic rings. The highest BCUT2D eigenvalue weighted by Crippen LogP contribution is 2.22. The van der Waals surface area contributed by atoms with E-state index in [9.17, 15) is 0 Å². The maximum Gasteiger partial charge on any atom is 0.263 e. The predicted molar refractivity (Wildman–Crippen MR) is 50.8 cm³/mol. The summed E-state index contributed by atoms with van der Waals surface area (Å²) in [7, 11) is 0. The number of anilines is 1. The second kappa shape index (κ2) is 3.71. The number of nitrogens with zero attached hydrogens (tertiary/aromatic N) is 3. The molecule has 0 radical (unpaired) electrons. The maximum absolute atomic E-state index is 5.89. The fourth-order valence-corrected chi connectivity index (χ4v) is 1.89. The molecule has 0 aliphatic rings. The molecule has 0 fully saturated rings. The number of tetrazole rings is 1. The summed E-state index contributed by atoms with van der Waals surface area (Å²) in [6, 6.07) is 1.86. The fraction of sp³-hybridized carbons (Fsp3) is 0.167. The molecule has 0 aliphatic carbocycles. The fourth-order valence-electron chi connectivity index (χ4n) is 0.847. The van der Waals surface area contributed by atoms with Crippen LogP contribution in [-0.2, 0) is 6.54 Å². The van der Waals surface area contributed by atoms with Crippen molar-refractivity contribution < 1.29 is 0 Å². The smallest absolute Gasteiger partial charge is 0.263 e. The van der Waals surface area contributed by atoms with E-state index in [1.807, 2.05) is 11.4 Å². The number of thiophene rings is 1. The molecule has 13 heavy (non-hydrogen) atoms. The molecule has 2 heterocycles. The van der Waals surface area contributed by atoms with E-state index < -0.39 is 0 Å². The van der Waals surface area contributed by atoms with Crippen LogP contribution in [0, 0.1) is 0 Å². The first kappa shape index (κ1) is 8.46. The molecular formula is C6H6ClN5S. The Morgan fingerprint density at radius 3 is 3.15 bits per heavy atom. The minimum Gasteiger partial charge on any atom is -0.347 e. The Bertz CT molecular complexity index is 370. The molecule has 0 saturated heterocycles. The van der Waals surface area contributed by atoms with E-state index in [1.54, 1.807) is 11.3 Å². The number of halogens is 1. The molecular weight excluding hydrogens is 210 g/mol. The molecule has 2 aromatic heterocycles. The van der Waals surface area contributed by atoms with Gasteiger partial charge in [-0.1, -0.05) is 16.7 Å². The van der Waals surface area contributed by atoms with Gasteiger partial charge in [-0.3, -0.25) is 0 Å². The lowest BCUT2D eigenvalue weighted by atomic mass is 10.4. The number of nitrogens with one attached hydrogen (secondary N) is 2. The summed E-state index contributed by atoms with van der Waals surface area (Å²) in [6.07, 6.45) is 0. The maximum atomic E-state index is 5.89. The summed E-state index contributed by atoms with van der Waals surface area (Å²) < 4.78 is 0. The molecule has 0 bridgehead atoms. The van der Waals surface area contributed by atoms with Gasteiger partial charge in [-0.2, -0.15) is 5.21 Å². The molecule has 0 amide bonds. The Labute approximate surface area is 83.1 Å². The number of hydrogen-bond acceptors (Lipinski definition) is 5. The van der Waals surface area contributed by atoms with Gasteiger partial charge in [-0.15, -0.1) is 16.4 Å². The molecule has 0 spiro atoms. The van der Waals surface area contributed by atoms with Gasteiger partial charge in [-0.05, 0) is 16.7 Å². The van der Waals surface area contributed by atoms with Gasteiger partial charge in [0.1, 0.15) is 0 Å². The summed E-state index contributed by atoms with van der Waals surface area (Å²) in [4.78, 5) is 1.06. The Morgan fingerprint density at radius 2 is 2.54 bits per heavy atom. The van der Waals surface area contributed by atoms with E-state index in [0.717, 1.165) is 9.90 Å². The van der Waals surface area contributed by atoms with Crippen molar-refractivity contribution in [2.75, 3.05) is 5.32 Å². The second-order valence-corrected chi connectivity index (χ2v) is 3.69. The first-order valence-electron chi connectivity index (χ1n) is 3.55. The molecule has 0 aromatic carbocycles. The standard InChI is InChI=1S/C6H6ClN5S/c7-4-1-2-13-5(4)3-8-6-9-11-12-10-6/h1-2H,3H2,(H2,8,9,10,11,12). The Kier molecular flexibility index (Phi) is 2.42. The molecule has 68 valence electrons. The second-order valence-electron chi connectivity index (χ2n) is 2.28. The molecule has 0 saturated carbocycles. The molecule has 5 nitrogen and oxygen atoms in total. The van der Waals surface area contributed by atoms with Crippen molar-refractivity contribution in [3.05, 3.63) is 21.3 Å². The molecule has 0 unspecified atom stereocenters. The number of H-pyrrole nitrogens is 1. The van der Waals surface area contributed by atoms with E-state index in [1.165, 1.54) is 0 Å². The van der Waals surface area contributed by atoms with Crippen LogP contribution in [0.25, 0.3) is 0 Å². The van der Waals surface area contributed by atoms with E-state index in [-0.39, 0.29) is 0 Å². The third-order valence-corrected chi connectivity index (χ3v) is 2.83. The first-order valence-corrected chi connectivity index (χ1v) is 4.81. The van der Waals surface area contributed by atoms with Gasteiger partial charge < -0.3 is 5.32 Å². The Balaban J connectivity index is 1.97. The average molecular weight is 216 g/mol. The largest absolute Gasteiger partial charge is 0.347 e. The van der Waals surface area contributed by atoms with Crippen molar-refractivity contribution in [2.24, 2.45) is 0 Å². The highest BCUT2D eigenvalue weighted by Gasteiger charge is 2.02. The molecule has 0 aliphatic heterocycles. The summed E-state index contributed by atoms with van der Waals surface area (Å²) in [5, 5.41) is 18.9. The number of aromatic amines is 1. The third kappa shape index (κ3) is 1.96. The Morgan fingerprint density at radius 1 is 1.62 bits per heavy atom. The quantitative estimate of drug-likeness (QED) is 0.815. The van der Waals surface area contributed by atoms with E-state index in [4.69, 9.17) is 11.6 Å². The summed E-state index contributed by atoms with van der Waals surface area (Å²) in [6.45, 7) is 0.621. The van der Waals surface area contributed by atoms with Crippen molar-refractivity contribution in [3.63, 3.8) is 0 Å². The lowest BCUT2D eigenvalue weighted by molar-refractivity contribution is 0.881. The number of aromatic nitrogens is 4. The number of hydrogen-bond donors (Lipinski definition) is 2. The van der Waals surface area contributed by atoms with Gasteiger partial charge in [0.05, 0.1) is 11.6 Å². The van der Waals surface area contributed by atoms with Gasteiger partial charge in [0.15, 0.2) is 0 Å². The predicted octanol–water partition coefficient (Wildman–Crippen LogP) is 1.53. The molecule has 2 N–H and O–H groups in total. The summed E-state index contributed by atoms with van der Waals surface area (Å²) in [5.74, 6) is 0.476. The van der Waals surface area contributed by atoms with Crippen LogP contribution in [-0.4, -0.2) is 20.6 Å². The molecule has 7 heteroatoms. The van der Waals surface area contributed by atoms with E-state index in [2.05, 4.69) is 25.9 Å². The lowest BCUT2D eigenvalue weighted by Gasteiger charge is -1.97. The van der Waals surface area contributed by atoms with Gasteiger partial charge in [0.25, 0.3) is 5.95 Å². The third-order valence-electron chi connectivity index (χ3n) is 1.44. The molecule has 2 rings (SSSR count). The van der Waals surface area contributed by atoms with Crippen LogP contribution in [0.3, 0.4) is 0 Å². The van der Waals surface area contributed by atoms with Crippen LogP contribution in [0.1, 0.15) is 4.88 Å². The SMILES string of the molecule is Clc1ccsc1CNc1nn[nH]n1. The highest BCUT2D eigenvalue weighted by atomic mass is 35.5. The van der Waals surface area contributed by atoms with Crippen molar-refractivity contribution in [2.45, 2.75) is 6.54 Å². The monoisotopic (exact) mass is 215 g/mol. The minimum atomic E-state index is 0.476. The topological polar surface area (TPSA) is 66.5 Å². The zero-order valence-electron chi connectivity index (χ0n) is 6.49. The number of rotatable bonds is 3. The lowest BCUT2D eigenvalue weighted by Crippen LogP contribution is -1.99. The van der Waals surface area contributed by atoms with Gasteiger partial charge in [0.2, 0.25) is 0 Å². The normalized spacial score (nSPS) is 10.2. The van der Waals surface area contributed by atoms with Crippen molar-refractivity contribution >= 4 is 28.9 Å². The average Bonchev–Trinajstić information content (AvgIpc) is 2.72. The zero-order chi connectivity index (χ0) is 9.10. The van der Waals surface area contributed by atoms with Crippen LogP contribution in [0.15, 0.2) is 11.4 Å². The van der Waals surface area contributed by atoms with Crippen LogP contribution in [0.4, 0.5) is 5.95 Å². The van der Waals surface area contributed by atoms with Crippen molar-refractivity contribution in [3.8, 4) is 0 Å². The van der Waals surface area contributed by atoms with E-state index in [0.29, 0.717) is 12.5 Å². The minimum absolute atomic E-state index is 0.476.